The predicted octanol–water partition coefficient (Wildman–Crippen LogP) is 3.79. The van der Waals surface area contributed by atoms with E-state index in [2.05, 4.69) is 28.2 Å². The lowest BCUT2D eigenvalue weighted by atomic mass is 9.82. The third-order valence-electron chi connectivity index (χ3n) is 6.52. The maximum Gasteiger partial charge on any atom is 0.0946 e. The van der Waals surface area contributed by atoms with Crippen LogP contribution in [0.2, 0.25) is 5.02 Å². The highest BCUT2D eigenvalue weighted by atomic mass is 35.5. The van der Waals surface area contributed by atoms with Crippen LogP contribution in [-0.4, -0.2) is 62.0 Å². The second kappa shape index (κ2) is 9.94. The molecule has 7 heteroatoms. The van der Waals surface area contributed by atoms with E-state index in [0.717, 1.165) is 18.0 Å². The first kappa shape index (κ1) is 22.0. The zero-order valence-corrected chi connectivity index (χ0v) is 19.4. The largest absolute Gasteiger partial charge is 0.374 e. The molecular formula is C23H32ClN3O2S. The van der Waals surface area contributed by atoms with E-state index < -0.39 is 10.8 Å². The second-order valence-electron chi connectivity index (χ2n) is 8.85. The molecule has 164 valence electrons. The van der Waals surface area contributed by atoms with Crippen LogP contribution < -0.4 is 0 Å². The van der Waals surface area contributed by atoms with Crippen molar-refractivity contribution in [3.05, 3.63) is 53.1 Å². The van der Waals surface area contributed by atoms with Gasteiger partial charge in [-0.1, -0.05) is 23.7 Å². The summed E-state index contributed by atoms with van der Waals surface area (Å²) in [6.45, 7) is 1.57. The van der Waals surface area contributed by atoms with Gasteiger partial charge in [-0.3, -0.25) is 9.11 Å². The summed E-state index contributed by atoms with van der Waals surface area (Å²) in [7, 11) is 1.20. The lowest BCUT2D eigenvalue weighted by Gasteiger charge is -2.46. The normalized spacial score (nSPS) is 29.0. The lowest BCUT2D eigenvalue weighted by molar-refractivity contribution is -0.0753. The molecule has 0 spiro atoms. The molecule has 0 radical (unpaired) electrons. The van der Waals surface area contributed by atoms with Gasteiger partial charge >= 0.3 is 0 Å². The van der Waals surface area contributed by atoms with Crippen LogP contribution in [0.4, 0.5) is 0 Å². The number of halogens is 1. The topological polar surface area (TPSA) is 47.4 Å². The number of aromatic nitrogens is 2. The first-order valence-electron chi connectivity index (χ1n) is 10.9. The quantitative estimate of drug-likeness (QED) is 0.673. The molecule has 1 aliphatic heterocycles. The number of benzene rings is 1. The van der Waals surface area contributed by atoms with Crippen LogP contribution >= 0.6 is 11.6 Å². The fourth-order valence-corrected chi connectivity index (χ4v) is 5.86. The van der Waals surface area contributed by atoms with Gasteiger partial charge in [0, 0.05) is 59.9 Å². The van der Waals surface area contributed by atoms with Gasteiger partial charge in [0.25, 0.3) is 0 Å². The highest BCUT2D eigenvalue weighted by Gasteiger charge is 2.36. The maximum absolute atomic E-state index is 11.8. The maximum atomic E-state index is 11.8. The Morgan fingerprint density at radius 1 is 1.20 bits per heavy atom. The smallest absolute Gasteiger partial charge is 0.0946 e. The monoisotopic (exact) mass is 449 g/mol. The minimum absolute atomic E-state index is 0.0609. The van der Waals surface area contributed by atoms with E-state index in [-0.39, 0.29) is 6.10 Å². The number of aryl methyl sites for hydroxylation is 1. The fourth-order valence-electron chi connectivity index (χ4n) is 5.01. The molecule has 30 heavy (non-hydrogen) atoms. The van der Waals surface area contributed by atoms with Gasteiger partial charge in [-0.15, -0.1) is 0 Å². The van der Waals surface area contributed by atoms with Crippen molar-refractivity contribution in [1.29, 1.82) is 0 Å². The Morgan fingerprint density at radius 2 is 1.93 bits per heavy atom. The third kappa shape index (κ3) is 5.52. The van der Waals surface area contributed by atoms with E-state index in [4.69, 9.17) is 16.3 Å². The van der Waals surface area contributed by atoms with E-state index in [1.54, 1.807) is 6.26 Å². The average molecular weight is 450 g/mol. The number of ether oxygens (including phenoxy) is 1. The molecule has 2 heterocycles. The van der Waals surface area contributed by atoms with E-state index in [1.807, 2.05) is 30.1 Å². The molecule has 5 nitrogen and oxygen atoms in total. The predicted molar refractivity (Wildman–Crippen MR) is 123 cm³/mol. The van der Waals surface area contributed by atoms with Crippen molar-refractivity contribution < 1.29 is 8.95 Å². The van der Waals surface area contributed by atoms with Gasteiger partial charge in [-0.05, 0) is 49.8 Å². The number of nitrogens with zero attached hydrogens (tertiary/aromatic N) is 3. The van der Waals surface area contributed by atoms with Crippen LogP contribution in [0.25, 0.3) is 0 Å². The molecule has 3 atom stereocenters. The van der Waals surface area contributed by atoms with Gasteiger partial charge in [0.15, 0.2) is 0 Å². The van der Waals surface area contributed by atoms with Gasteiger partial charge in [0.1, 0.15) is 0 Å². The van der Waals surface area contributed by atoms with Crippen molar-refractivity contribution in [2.75, 3.05) is 25.2 Å². The third-order valence-corrected chi connectivity index (χ3v) is 7.61. The minimum atomic E-state index is -0.840. The molecule has 3 unspecified atom stereocenters. The minimum Gasteiger partial charge on any atom is -0.374 e. The first-order chi connectivity index (χ1) is 14.5. The van der Waals surface area contributed by atoms with Crippen LogP contribution in [0.3, 0.4) is 0 Å². The zero-order chi connectivity index (χ0) is 21.1. The molecule has 4 rings (SSSR count). The molecule has 1 aromatic carbocycles. The standard InChI is InChI=1S/C23H32ClN3O2S/c1-26-13-23(25-16-26)18-5-9-20(10-6-18)27-12-22(15-30(2)28)29-14-21(27)11-17-3-7-19(24)8-4-17/h3-4,7-8,13,16,18,20-22H,5-6,9-12,14-15H2,1-2H3. The molecule has 1 saturated heterocycles. The summed E-state index contributed by atoms with van der Waals surface area (Å²) in [6, 6.07) is 9.07. The summed E-state index contributed by atoms with van der Waals surface area (Å²) >= 11 is 6.07. The van der Waals surface area contributed by atoms with Gasteiger partial charge < -0.3 is 9.30 Å². The molecule has 1 saturated carbocycles. The summed E-state index contributed by atoms with van der Waals surface area (Å²) < 4.78 is 20.0. The molecule has 2 aromatic rings. The van der Waals surface area contributed by atoms with Gasteiger partial charge in [0.05, 0.1) is 30.5 Å². The Bertz CT molecular complexity index is 848. The molecule has 0 amide bonds. The van der Waals surface area contributed by atoms with E-state index in [0.29, 0.717) is 30.4 Å². The first-order valence-corrected chi connectivity index (χ1v) is 13.0. The molecule has 2 fully saturated rings. The van der Waals surface area contributed by atoms with Crippen molar-refractivity contribution in [2.24, 2.45) is 7.05 Å². The summed E-state index contributed by atoms with van der Waals surface area (Å²) in [4.78, 5) is 7.24. The Hall–Kier alpha value is -1.21. The van der Waals surface area contributed by atoms with Crippen LogP contribution in [0, 0.1) is 0 Å². The number of hydrogen-bond acceptors (Lipinski definition) is 4. The Kier molecular flexibility index (Phi) is 7.29. The Balaban J connectivity index is 1.44. The molecular weight excluding hydrogens is 418 g/mol. The fraction of sp³-hybridized carbons (Fsp3) is 0.609. The van der Waals surface area contributed by atoms with E-state index >= 15 is 0 Å². The SMILES string of the molecule is Cn1cnc(C2CCC(N3CC(CS(C)=O)OCC3Cc3ccc(Cl)cc3)CC2)c1. The van der Waals surface area contributed by atoms with E-state index in [9.17, 15) is 4.21 Å². The lowest BCUT2D eigenvalue weighted by Crippen LogP contribution is -2.56. The Labute approximate surface area is 187 Å². The summed E-state index contributed by atoms with van der Waals surface area (Å²) in [5.74, 6) is 1.19. The molecule has 0 N–H and O–H groups in total. The van der Waals surface area contributed by atoms with Gasteiger partial charge in [-0.2, -0.15) is 0 Å². The van der Waals surface area contributed by atoms with Crippen LogP contribution in [0.5, 0.6) is 0 Å². The van der Waals surface area contributed by atoms with E-state index in [1.165, 1.54) is 36.9 Å². The second-order valence-corrected chi connectivity index (χ2v) is 10.8. The molecule has 2 aliphatic rings. The van der Waals surface area contributed by atoms with Crippen molar-refractivity contribution >= 4 is 22.4 Å². The molecule has 1 aliphatic carbocycles. The highest BCUT2D eigenvalue weighted by molar-refractivity contribution is 7.84. The van der Waals surface area contributed by atoms with Gasteiger partial charge in [-0.25, -0.2) is 4.98 Å². The van der Waals surface area contributed by atoms with Gasteiger partial charge in [0.2, 0.25) is 0 Å². The Morgan fingerprint density at radius 3 is 2.57 bits per heavy atom. The number of imidazole rings is 1. The number of rotatable bonds is 6. The summed E-state index contributed by atoms with van der Waals surface area (Å²) in [5.41, 5.74) is 2.52. The van der Waals surface area contributed by atoms with Crippen LogP contribution in [0.15, 0.2) is 36.8 Å². The zero-order valence-electron chi connectivity index (χ0n) is 17.9. The van der Waals surface area contributed by atoms with Crippen LogP contribution in [0.1, 0.15) is 42.9 Å². The number of morpholine rings is 1. The summed E-state index contributed by atoms with van der Waals surface area (Å²) in [5, 5.41) is 0.772. The molecule has 1 aromatic heterocycles. The summed E-state index contributed by atoms with van der Waals surface area (Å²) in [6.07, 6.45) is 11.6. The van der Waals surface area contributed by atoms with Crippen molar-refractivity contribution in [1.82, 2.24) is 14.5 Å². The van der Waals surface area contributed by atoms with Crippen molar-refractivity contribution in [3.8, 4) is 0 Å². The molecule has 0 bridgehead atoms. The average Bonchev–Trinajstić information content (AvgIpc) is 3.17. The van der Waals surface area contributed by atoms with Crippen molar-refractivity contribution in [3.63, 3.8) is 0 Å². The van der Waals surface area contributed by atoms with Crippen LogP contribution in [-0.2, 0) is 29.0 Å². The number of hydrogen-bond donors (Lipinski definition) is 0. The van der Waals surface area contributed by atoms with Crippen molar-refractivity contribution in [2.45, 2.75) is 56.2 Å². The highest BCUT2D eigenvalue weighted by Crippen LogP contribution is 2.36.